The molecule has 1 amide bonds. The largest absolute Gasteiger partial charge is 0.480 e. The van der Waals surface area contributed by atoms with E-state index < -0.39 is 24.0 Å². The number of carbonyl (C=O) groups excluding carboxylic acids is 1. The van der Waals surface area contributed by atoms with Crippen LogP contribution < -0.4 is 5.32 Å². The molecule has 80 valence electrons. The van der Waals surface area contributed by atoms with Crippen LogP contribution in [-0.4, -0.2) is 34.2 Å². The molecule has 0 fully saturated rings. The van der Waals surface area contributed by atoms with Crippen LogP contribution in [0.15, 0.2) is 12.2 Å². The summed E-state index contributed by atoms with van der Waals surface area (Å²) < 4.78 is 0. The van der Waals surface area contributed by atoms with Crippen molar-refractivity contribution in [3.63, 3.8) is 0 Å². The number of carbonyl (C=O) groups is 2. The molecule has 3 N–H and O–H groups in total. The third kappa shape index (κ3) is 4.61. The van der Waals surface area contributed by atoms with Crippen LogP contribution in [0.3, 0.4) is 0 Å². The maximum absolute atomic E-state index is 11.0. The number of amides is 1. The number of aliphatic hydroxyl groups excluding tert-OH is 1. The molecule has 0 unspecified atom stereocenters. The monoisotopic (exact) mass is 201 g/mol. The molecule has 0 aliphatic heterocycles. The minimum Gasteiger partial charge on any atom is -0.480 e. The molecule has 2 atom stereocenters. The van der Waals surface area contributed by atoms with Crippen molar-refractivity contribution in [2.75, 3.05) is 0 Å². The van der Waals surface area contributed by atoms with Crippen LogP contribution in [0.1, 0.15) is 20.3 Å². The summed E-state index contributed by atoms with van der Waals surface area (Å²) in [7, 11) is 0. The van der Waals surface area contributed by atoms with E-state index in [1.54, 1.807) is 6.08 Å². The molecule has 0 aromatic carbocycles. The van der Waals surface area contributed by atoms with Gasteiger partial charge < -0.3 is 15.5 Å². The zero-order valence-electron chi connectivity index (χ0n) is 8.23. The van der Waals surface area contributed by atoms with Crippen LogP contribution in [0.4, 0.5) is 0 Å². The molecule has 0 spiro atoms. The number of carboxylic acid groups (broad SMARTS) is 1. The van der Waals surface area contributed by atoms with E-state index in [9.17, 15) is 9.59 Å². The molecule has 0 aliphatic carbocycles. The molecule has 0 bridgehead atoms. The zero-order valence-corrected chi connectivity index (χ0v) is 8.23. The van der Waals surface area contributed by atoms with Crippen molar-refractivity contribution < 1.29 is 19.8 Å². The fraction of sp³-hybridized carbons (Fsp3) is 0.556. The highest BCUT2D eigenvalue weighted by Crippen LogP contribution is 1.93. The number of aliphatic hydroxyl groups is 1. The second kappa shape index (κ2) is 6.15. The Labute approximate surface area is 82.4 Å². The minimum absolute atomic E-state index is 0.514. The first-order valence-corrected chi connectivity index (χ1v) is 4.37. The lowest BCUT2D eigenvalue weighted by molar-refractivity contribution is -0.144. The molecule has 0 radical (unpaired) electrons. The summed E-state index contributed by atoms with van der Waals surface area (Å²) in [5.74, 6) is -1.77. The maximum atomic E-state index is 11.0. The number of carboxylic acids is 1. The lowest BCUT2D eigenvalue weighted by Crippen LogP contribution is -2.47. The van der Waals surface area contributed by atoms with Crippen LogP contribution in [0.2, 0.25) is 0 Å². The van der Waals surface area contributed by atoms with Gasteiger partial charge in [-0.1, -0.05) is 13.0 Å². The number of rotatable bonds is 5. The third-order valence-electron chi connectivity index (χ3n) is 1.55. The summed E-state index contributed by atoms with van der Waals surface area (Å²) in [6.07, 6.45) is 2.43. The van der Waals surface area contributed by atoms with Gasteiger partial charge in [0.15, 0.2) is 6.04 Å². The van der Waals surface area contributed by atoms with Crippen molar-refractivity contribution >= 4 is 11.9 Å². The Hall–Kier alpha value is -1.36. The molecule has 0 saturated heterocycles. The van der Waals surface area contributed by atoms with Gasteiger partial charge in [0.1, 0.15) is 0 Å². The summed E-state index contributed by atoms with van der Waals surface area (Å²) in [5.41, 5.74) is 0. The average molecular weight is 201 g/mol. The molecule has 14 heavy (non-hydrogen) atoms. The molecular weight excluding hydrogens is 186 g/mol. The zero-order chi connectivity index (χ0) is 11.1. The van der Waals surface area contributed by atoms with Gasteiger partial charge in [-0.15, -0.1) is 0 Å². The van der Waals surface area contributed by atoms with E-state index in [-0.39, 0.29) is 0 Å². The Kier molecular flexibility index (Phi) is 5.55. The van der Waals surface area contributed by atoms with Gasteiger partial charge in [0.2, 0.25) is 5.91 Å². The summed E-state index contributed by atoms with van der Waals surface area (Å²) in [4.78, 5) is 21.6. The van der Waals surface area contributed by atoms with E-state index in [1.807, 2.05) is 6.92 Å². The fourth-order valence-corrected chi connectivity index (χ4v) is 0.815. The van der Waals surface area contributed by atoms with Crippen LogP contribution in [0.5, 0.6) is 0 Å². The molecule has 0 aromatic heterocycles. The normalized spacial score (nSPS) is 15.1. The number of hydrogen-bond donors (Lipinski definition) is 3. The highest BCUT2D eigenvalue weighted by molar-refractivity contribution is 5.91. The third-order valence-corrected chi connectivity index (χ3v) is 1.55. The van der Waals surface area contributed by atoms with Gasteiger partial charge in [-0.05, 0) is 19.4 Å². The number of hydrogen-bond acceptors (Lipinski definition) is 3. The first-order chi connectivity index (χ1) is 6.49. The minimum atomic E-state index is -1.26. The van der Waals surface area contributed by atoms with Gasteiger partial charge in [-0.25, -0.2) is 4.79 Å². The molecule has 0 saturated carbocycles. The quantitative estimate of drug-likeness (QED) is 0.542. The standard InChI is InChI=1S/C9H15NO4/c1-3-4-5-7(12)10-8(6(2)11)9(13)14/h4-6,8,11H,3H2,1-2H3,(H,10,12)(H,13,14)/t6-,8+/m1/s1. The van der Waals surface area contributed by atoms with E-state index in [2.05, 4.69) is 5.32 Å². The molecule has 0 rings (SSSR count). The van der Waals surface area contributed by atoms with Crippen LogP contribution >= 0.6 is 0 Å². The van der Waals surface area contributed by atoms with Crippen molar-refractivity contribution in [3.8, 4) is 0 Å². The number of allylic oxidation sites excluding steroid dienone is 1. The molecule has 5 heteroatoms. The smallest absolute Gasteiger partial charge is 0.328 e. The van der Waals surface area contributed by atoms with Gasteiger partial charge >= 0.3 is 5.97 Å². The van der Waals surface area contributed by atoms with E-state index in [4.69, 9.17) is 10.2 Å². The van der Waals surface area contributed by atoms with Gasteiger partial charge in [0, 0.05) is 0 Å². The lowest BCUT2D eigenvalue weighted by atomic mass is 10.2. The maximum Gasteiger partial charge on any atom is 0.328 e. The van der Waals surface area contributed by atoms with Crippen LogP contribution in [0, 0.1) is 0 Å². The topological polar surface area (TPSA) is 86.6 Å². The first-order valence-electron chi connectivity index (χ1n) is 4.37. The molecule has 5 nitrogen and oxygen atoms in total. The predicted octanol–water partition coefficient (Wildman–Crippen LogP) is -0.0972. The van der Waals surface area contributed by atoms with Crippen LogP contribution in [-0.2, 0) is 9.59 Å². The fourth-order valence-electron chi connectivity index (χ4n) is 0.815. The Bertz CT molecular complexity index is 235. The average Bonchev–Trinajstić information content (AvgIpc) is 2.09. The summed E-state index contributed by atoms with van der Waals surface area (Å²) >= 11 is 0. The second-order valence-electron chi connectivity index (χ2n) is 2.88. The SMILES string of the molecule is CCC=CC(=O)N[C@H](C(=O)O)[C@@H](C)O. The van der Waals surface area contributed by atoms with Crippen LogP contribution in [0.25, 0.3) is 0 Å². The van der Waals surface area contributed by atoms with Gasteiger partial charge in [-0.3, -0.25) is 4.79 Å². The summed E-state index contributed by atoms with van der Waals surface area (Å²) in [6, 6.07) is -1.26. The molecule has 0 aliphatic rings. The summed E-state index contributed by atoms with van der Waals surface area (Å²) in [5, 5.41) is 19.8. The van der Waals surface area contributed by atoms with Crippen molar-refractivity contribution in [3.05, 3.63) is 12.2 Å². The molecule has 0 aromatic rings. The van der Waals surface area contributed by atoms with Crippen molar-refractivity contribution in [2.24, 2.45) is 0 Å². The van der Waals surface area contributed by atoms with Gasteiger partial charge in [-0.2, -0.15) is 0 Å². The Balaban J connectivity index is 4.24. The lowest BCUT2D eigenvalue weighted by Gasteiger charge is -2.15. The van der Waals surface area contributed by atoms with Gasteiger partial charge in [0.25, 0.3) is 0 Å². The Morgan fingerprint density at radius 2 is 2.07 bits per heavy atom. The molecule has 0 heterocycles. The number of nitrogens with one attached hydrogen (secondary N) is 1. The first kappa shape index (κ1) is 12.6. The van der Waals surface area contributed by atoms with E-state index >= 15 is 0 Å². The van der Waals surface area contributed by atoms with E-state index in [1.165, 1.54) is 13.0 Å². The summed E-state index contributed by atoms with van der Waals surface area (Å²) in [6.45, 7) is 3.16. The highest BCUT2D eigenvalue weighted by atomic mass is 16.4. The molecular formula is C9H15NO4. The van der Waals surface area contributed by atoms with Crippen molar-refractivity contribution in [1.29, 1.82) is 0 Å². The second-order valence-corrected chi connectivity index (χ2v) is 2.88. The Morgan fingerprint density at radius 1 is 1.50 bits per heavy atom. The Morgan fingerprint density at radius 3 is 2.43 bits per heavy atom. The van der Waals surface area contributed by atoms with E-state index in [0.29, 0.717) is 6.42 Å². The van der Waals surface area contributed by atoms with Crippen molar-refractivity contribution in [2.45, 2.75) is 32.4 Å². The van der Waals surface area contributed by atoms with Gasteiger partial charge in [0.05, 0.1) is 6.10 Å². The predicted molar refractivity (Wildman–Crippen MR) is 50.7 cm³/mol. The van der Waals surface area contributed by atoms with E-state index in [0.717, 1.165) is 0 Å². The van der Waals surface area contributed by atoms with Crippen molar-refractivity contribution in [1.82, 2.24) is 5.32 Å². The number of aliphatic carboxylic acids is 1. The highest BCUT2D eigenvalue weighted by Gasteiger charge is 2.23.